The molecule has 1 heterocycles. The smallest absolute Gasteiger partial charge is 0.234 e. The molecule has 0 aliphatic carbocycles. The fourth-order valence-electron chi connectivity index (χ4n) is 3.84. The van der Waals surface area contributed by atoms with Gasteiger partial charge in [-0.15, -0.1) is 0 Å². The molecule has 26 heavy (non-hydrogen) atoms. The first-order valence-corrected chi connectivity index (χ1v) is 9.74. The third-order valence-electron chi connectivity index (χ3n) is 5.12. The fourth-order valence-corrected chi connectivity index (χ4v) is 3.84. The van der Waals surface area contributed by atoms with E-state index in [-0.39, 0.29) is 11.9 Å². The number of rotatable bonds is 6. The summed E-state index contributed by atoms with van der Waals surface area (Å²) in [4.78, 5) is 17.3. The molecular formula is C22H31N3O. The molecule has 1 atom stereocenters. The van der Waals surface area contributed by atoms with E-state index < -0.39 is 0 Å². The first-order valence-electron chi connectivity index (χ1n) is 9.74. The Labute approximate surface area is 157 Å². The fraction of sp³-hybridized carbons (Fsp3) is 0.500. The summed E-state index contributed by atoms with van der Waals surface area (Å²) >= 11 is 0. The number of nitrogens with one attached hydrogen (secondary N) is 1. The molecule has 1 fully saturated rings. The summed E-state index contributed by atoms with van der Waals surface area (Å²) in [6, 6.07) is 14.6. The van der Waals surface area contributed by atoms with Gasteiger partial charge in [-0.05, 0) is 29.2 Å². The maximum Gasteiger partial charge on any atom is 0.234 e. The van der Waals surface area contributed by atoms with Gasteiger partial charge in [0, 0.05) is 32.7 Å². The van der Waals surface area contributed by atoms with Crippen LogP contribution in [-0.2, 0) is 4.79 Å². The molecular weight excluding hydrogens is 322 g/mol. The average molecular weight is 354 g/mol. The van der Waals surface area contributed by atoms with Gasteiger partial charge in [-0.2, -0.15) is 0 Å². The van der Waals surface area contributed by atoms with Gasteiger partial charge < -0.3 is 10.2 Å². The van der Waals surface area contributed by atoms with Gasteiger partial charge >= 0.3 is 0 Å². The van der Waals surface area contributed by atoms with Crippen LogP contribution in [0.25, 0.3) is 10.8 Å². The van der Waals surface area contributed by atoms with Crippen molar-refractivity contribution in [3.05, 3.63) is 48.0 Å². The quantitative estimate of drug-likeness (QED) is 0.866. The standard InChI is InChI=1S/C22H31N3O/c1-17(2)15-24-11-13-25(14-12-24)16-22(26)23-18(3)20-10-6-8-19-7-4-5-9-21(19)20/h4-10,17-18H,11-16H2,1-3H3,(H,23,26). The highest BCUT2D eigenvalue weighted by Crippen LogP contribution is 2.24. The minimum absolute atomic E-state index is 0.0100. The van der Waals surface area contributed by atoms with E-state index in [2.05, 4.69) is 72.3 Å². The van der Waals surface area contributed by atoms with Gasteiger partial charge in [0.15, 0.2) is 0 Å². The van der Waals surface area contributed by atoms with Gasteiger partial charge in [-0.1, -0.05) is 56.3 Å². The average Bonchev–Trinajstić information content (AvgIpc) is 2.62. The van der Waals surface area contributed by atoms with Crippen LogP contribution in [0.3, 0.4) is 0 Å². The summed E-state index contributed by atoms with van der Waals surface area (Å²) in [6.45, 7) is 12.3. The van der Waals surface area contributed by atoms with Crippen molar-refractivity contribution in [2.45, 2.75) is 26.8 Å². The van der Waals surface area contributed by atoms with E-state index in [0.29, 0.717) is 12.5 Å². The molecule has 0 saturated carbocycles. The zero-order valence-corrected chi connectivity index (χ0v) is 16.2. The zero-order chi connectivity index (χ0) is 18.5. The Morgan fingerprint density at radius 2 is 1.62 bits per heavy atom. The van der Waals surface area contributed by atoms with Crippen molar-refractivity contribution in [2.75, 3.05) is 39.3 Å². The number of carbonyl (C=O) groups excluding carboxylic acids is 1. The largest absolute Gasteiger partial charge is 0.348 e. The van der Waals surface area contributed by atoms with Crippen molar-refractivity contribution < 1.29 is 4.79 Å². The first-order chi connectivity index (χ1) is 12.5. The molecule has 4 heteroatoms. The minimum Gasteiger partial charge on any atom is -0.348 e. The highest BCUT2D eigenvalue weighted by atomic mass is 16.2. The second-order valence-corrected chi connectivity index (χ2v) is 7.83. The summed E-state index contributed by atoms with van der Waals surface area (Å²) in [5.41, 5.74) is 1.18. The van der Waals surface area contributed by atoms with Crippen LogP contribution >= 0.6 is 0 Å². The molecule has 3 rings (SSSR count). The molecule has 1 saturated heterocycles. The third kappa shape index (κ3) is 4.83. The Bertz CT molecular complexity index is 730. The van der Waals surface area contributed by atoms with E-state index in [4.69, 9.17) is 0 Å². The maximum atomic E-state index is 12.5. The Morgan fingerprint density at radius 3 is 2.35 bits per heavy atom. The van der Waals surface area contributed by atoms with Crippen LogP contribution in [0.4, 0.5) is 0 Å². The number of benzene rings is 2. The molecule has 4 nitrogen and oxygen atoms in total. The first kappa shape index (κ1) is 18.9. The number of hydrogen-bond donors (Lipinski definition) is 1. The molecule has 0 bridgehead atoms. The molecule has 1 N–H and O–H groups in total. The van der Waals surface area contributed by atoms with Gasteiger partial charge in [-0.3, -0.25) is 9.69 Å². The summed E-state index contributed by atoms with van der Waals surface area (Å²) in [5.74, 6) is 0.814. The predicted molar refractivity (Wildman–Crippen MR) is 108 cm³/mol. The van der Waals surface area contributed by atoms with Crippen molar-refractivity contribution in [1.29, 1.82) is 0 Å². The van der Waals surface area contributed by atoms with Crippen LogP contribution in [0.5, 0.6) is 0 Å². The lowest BCUT2D eigenvalue weighted by molar-refractivity contribution is -0.123. The molecule has 2 aromatic rings. The van der Waals surface area contributed by atoms with E-state index in [1.54, 1.807) is 0 Å². The number of amides is 1. The molecule has 0 aromatic heterocycles. The molecule has 1 unspecified atom stereocenters. The van der Waals surface area contributed by atoms with Crippen molar-refractivity contribution in [3.8, 4) is 0 Å². The van der Waals surface area contributed by atoms with Gasteiger partial charge in [0.25, 0.3) is 0 Å². The van der Waals surface area contributed by atoms with Gasteiger partial charge in [0.05, 0.1) is 12.6 Å². The monoisotopic (exact) mass is 353 g/mol. The Morgan fingerprint density at radius 1 is 0.962 bits per heavy atom. The van der Waals surface area contributed by atoms with E-state index in [1.165, 1.54) is 16.3 Å². The minimum atomic E-state index is 0.0100. The SMILES string of the molecule is CC(C)CN1CCN(CC(=O)NC(C)c2cccc3ccccc23)CC1. The Hall–Kier alpha value is -1.91. The summed E-state index contributed by atoms with van der Waals surface area (Å²) in [5, 5.41) is 5.61. The molecule has 1 aliphatic rings. The third-order valence-corrected chi connectivity index (χ3v) is 5.12. The van der Waals surface area contributed by atoms with Gasteiger partial charge in [0.1, 0.15) is 0 Å². The number of carbonyl (C=O) groups is 1. The van der Waals surface area contributed by atoms with Crippen LogP contribution in [0.1, 0.15) is 32.4 Å². The molecule has 1 aliphatic heterocycles. The Kier molecular flexibility index (Phi) is 6.28. The van der Waals surface area contributed by atoms with Crippen LogP contribution in [0.15, 0.2) is 42.5 Å². The predicted octanol–water partition coefficient (Wildman–Crippen LogP) is 3.29. The van der Waals surface area contributed by atoms with Crippen LogP contribution < -0.4 is 5.32 Å². The number of hydrogen-bond acceptors (Lipinski definition) is 3. The van der Waals surface area contributed by atoms with Gasteiger partial charge in [-0.25, -0.2) is 0 Å². The van der Waals surface area contributed by atoms with Crippen molar-refractivity contribution in [2.24, 2.45) is 5.92 Å². The zero-order valence-electron chi connectivity index (χ0n) is 16.2. The van der Waals surface area contributed by atoms with Crippen molar-refractivity contribution >= 4 is 16.7 Å². The summed E-state index contributed by atoms with van der Waals surface area (Å²) < 4.78 is 0. The van der Waals surface area contributed by atoms with E-state index >= 15 is 0 Å². The topological polar surface area (TPSA) is 35.6 Å². The highest BCUT2D eigenvalue weighted by molar-refractivity contribution is 5.87. The highest BCUT2D eigenvalue weighted by Gasteiger charge is 2.20. The Balaban J connectivity index is 1.53. The van der Waals surface area contributed by atoms with Crippen LogP contribution in [-0.4, -0.2) is 55.0 Å². The van der Waals surface area contributed by atoms with Crippen molar-refractivity contribution in [1.82, 2.24) is 15.1 Å². The van der Waals surface area contributed by atoms with E-state index in [1.807, 2.05) is 6.07 Å². The molecule has 2 aromatic carbocycles. The molecule has 0 radical (unpaired) electrons. The maximum absolute atomic E-state index is 12.5. The number of piperazine rings is 1. The summed E-state index contributed by atoms with van der Waals surface area (Å²) in [7, 11) is 0. The number of fused-ring (bicyclic) bond motifs is 1. The lowest BCUT2D eigenvalue weighted by atomic mass is 10.00. The number of nitrogens with zero attached hydrogens (tertiary/aromatic N) is 2. The summed E-state index contributed by atoms with van der Waals surface area (Å²) in [6.07, 6.45) is 0. The van der Waals surface area contributed by atoms with E-state index in [0.717, 1.165) is 32.7 Å². The lowest BCUT2D eigenvalue weighted by Gasteiger charge is -2.35. The second-order valence-electron chi connectivity index (χ2n) is 7.83. The lowest BCUT2D eigenvalue weighted by Crippen LogP contribution is -2.50. The molecule has 140 valence electrons. The second kappa shape index (κ2) is 8.65. The van der Waals surface area contributed by atoms with Crippen LogP contribution in [0.2, 0.25) is 0 Å². The van der Waals surface area contributed by atoms with Gasteiger partial charge in [0.2, 0.25) is 5.91 Å². The van der Waals surface area contributed by atoms with E-state index in [9.17, 15) is 4.79 Å². The van der Waals surface area contributed by atoms with Crippen molar-refractivity contribution in [3.63, 3.8) is 0 Å². The molecule has 0 spiro atoms. The normalized spacial score (nSPS) is 17.5. The molecule has 1 amide bonds. The van der Waals surface area contributed by atoms with Crippen LogP contribution in [0, 0.1) is 5.92 Å².